The van der Waals surface area contributed by atoms with E-state index in [-0.39, 0.29) is 37.7 Å². The van der Waals surface area contributed by atoms with E-state index in [9.17, 15) is 27.2 Å². The third-order valence-electron chi connectivity index (χ3n) is 2.75. The Morgan fingerprint density at radius 2 is 1.70 bits per heavy atom. The van der Waals surface area contributed by atoms with Crippen LogP contribution in [0.5, 0.6) is 5.75 Å². The summed E-state index contributed by atoms with van der Waals surface area (Å²) in [7, 11) is 0. The highest BCUT2D eigenvalue weighted by atomic mass is 35.5. The van der Waals surface area contributed by atoms with Crippen LogP contribution >= 0.6 is 12.4 Å². The van der Waals surface area contributed by atoms with E-state index in [1.807, 2.05) is 0 Å². The number of benzene rings is 1. The normalized spacial score (nSPS) is 11.5. The van der Waals surface area contributed by atoms with Gasteiger partial charge in [-0.1, -0.05) is 0 Å². The number of nitrogens with two attached hydrogens (primary N) is 1. The number of hydrogen-bond donors (Lipinski definition) is 2. The highest BCUT2D eigenvalue weighted by Crippen LogP contribution is 2.26. The number of carbonyl (C=O) groups excluding carboxylic acids is 1. The second-order valence-corrected chi connectivity index (χ2v) is 4.44. The van der Waals surface area contributed by atoms with Crippen LogP contribution in [0.15, 0.2) is 6.07 Å². The highest BCUT2D eigenvalue weighted by Gasteiger charge is 2.22. The van der Waals surface area contributed by atoms with Gasteiger partial charge in [0.2, 0.25) is 11.6 Å². The Kier molecular flexibility index (Phi) is 8.55. The fourth-order valence-electron chi connectivity index (χ4n) is 1.56. The Labute approximate surface area is 134 Å². The number of hydrogen-bond acceptors (Lipinski definition) is 4. The van der Waals surface area contributed by atoms with Gasteiger partial charge in [0, 0.05) is 12.5 Å². The largest absolute Gasteiger partial charge is 0.481 e. The molecule has 5 nitrogen and oxygen atoms in total. The molecule has 0 aromatic heterocycles. The van der Waals surface area contributed by atoms with Crippen LogP contribution in [0.4, 0.5) is 17.6 Å². The third-order valence-corrected chi connectivity index (χ3v) is 2.75. The second-order valence-electron chi connectivity index (χ2n) is 4.44. The van der Waals surface area contributed by atoms with Crippen molar-refractivity contribution in [3.05, 3.63) is 29.3 Å². The van der Waals surface area contributed by atoms with Crippen molar-refractivity contribution >= 4 is 24.2 Å². The summed E-state index contributed by atoms with van der Waals surface area (Å²) in [6, 6.07) is -1.10. The minimum atomic E-state index is -1.76. The Hall–Kier alpha value is -1.87. The van der Waals surface area contributed by atoms with Crippen LogP contribution in [-0.2, 0) is 9.59 Å². The number of aliphatic carboxylic acids is 1. The lowest BCUT2D eigenvalue weighted by Crippen LogP contribution is -2.34. The molecule has 0 radical (unpaired) electrons. The van der Waals surface area contributed by atoms with Crippen molar-refractivity contribution < 1.29 is 37.0 Å². The predicted octanol–water partition coefficient (Wildman–Crippen LogP) is 2.19. The Morgan fingerprint density at radius 3 is 2.17 bits per heavy atom. The van der Waals surface area contributed by atoms with E-state index < -0.39 is 53.4 Å². The zero-order chi connectivity index (χ0) is 16.9. The summed E-state index contributed by atoms with van der Waals surface area (Å²) in [4.78, 5) is 21.9. The Bertz CT molecular complexity index is 559. The number of Topliss-reactive ketones (excluding diaryl/α,β-unsaturated/α-hetero) is 1. The van der Waals surface area contributed by atoms with Crippen LogP contribution in [0.2, 0.25) is 0 Å². The van der Waals surface area contributed by atoms with Crippen molar-refractivity contribution in [3.63, 3.8) is 0 Å². The number of carboxylic acids is 1. The van der Waals surface area contributed by atoms with Crippen LogP contribution in [0, 0.1) is 23.3 Å². The van der Waals surface area contributed by atoms with Gasteiger partial charge in [-0.15, -0.1) is 12.4 Å². The molecule has 0 aliphatic rings. The molecule has 0 saturated heterocycles. The second kappa shape index (κ2) is 9.31. The summed E-state index contributed by atoms with van der Waals surface area (Å²) in [6.45, 7) is -0.898. The molecule has 1 aromatic rings. The molecule has 0 saturated carbocycles. The van der Waals surface area contributed by atoms with E-state index in [2.05, 4.69) is 4.74 Å². The van der Waals surface area contributed by atoms with Crippen molar-refractivity contribution in [3.8, 4) is 5.75 Å². The molecule has 0 bridgehead atoms. The monoisotopic (exact) mass is 359 g/mol. The average Bonchev–Trinajstić information content (AvgIpc) is 2.44. The van der Waals surface area contributed by atoms with Gasteiger partial charge in [-0.3, -0.25) is 9.59 Å². The van der Waals surface area contributed by atoms with Crippen LogP contribution in [-0.4, -0.2) is 29.5 Å². The summed E-state index contributed by atoms with van der Waals surface area (Å²) < 4.78 is 56.8. The molecule has 0 aliphatic carbocycles. The standard InChI is InChI=1S/C13H13F4NO4.ClH/c14-6-4-7(15)12(17)13(11(6)16)22-5-9(19)8(18)2-1-3-10(20)21;/h4,8H,1-3,5,18H2,(H,20,21);1H/t8-;/m0./s1. The minimum Gasteiger partial charge on any atom is -0.481 e. The molecule has 1 aromatic carbocycles. The first-order valence-corrected chi connectivity index (χ1v) is 6.20. The number of carbonyl (C=O) groups is 2. The van der Waals surface area contributed by atoms with Gasteiger partial charge in [0.25, 0.3) is 0 Å². The van der Waals surface area contributed by atoms with E-state index in [4.69, 9.17) is 10.8 Å². The maximum Gasteiger partial charge on any atom is 0.303 e. The summed E-state index contributed by atoms with van der Waals surface area (Å²) in [5.41, 5.74) is 5.45. The van der Waals surface area contributed by atoms with Crippen molar-refractivity contribution in [2.75, 3.05) is 6.61 Å². The first-order valence-electron chi connectivity index (χ1n) is 6.20. The average molecular weight is 360 g/mol. The van der Waals surface area contributed by atoms with E-state index in [1.165, 1.54) is 0 Å². The van der Waals surface area contributed by atoms with Gasteiger partial charge in [-0.2, -0.15) is 8.78 Å². The first-order chi connectivity index (χ1) is 10.2. The molecule has 1 atom stereocenters. The maximum absolute atomic E-state index is 13.3. The van der Waals surface area contributed by atoms with Crippen molar-refractivity contribution in [2.24, 2.45) is 5.73 Å². The van der Waals surface area contributed by atoms with Gasteiger partial charge < -0.3 is 15.6 Å². The lowest BCUT2D eigenvalue weighted by Gasteiger charge is -2.12. The van der Waals surface area contributed by atoms with Crippen LogP contribution in [0.3, 0.4) is 0 Å². The van der Waals surface area contributed by atoms with E-state index in [1.54, 1.807) is 0 Å². The van der Waals surface area contributed by atoms with Gasteiger partial charge in [0.15, 0.2) is 23.2 Å². The zero-order valence-electron chi connectivity index (χ0n) is 11.7. The molecule has 10 heteroatoms. The SMILES string of the molecule is Cl.N[C@@H](CCCC(=O)O)C(=O)COc1c(F)c(F)cc(F)c1F. The molecule has 0 amide bonds. The lowest BCUT2D eigenvalue weighted by molar-refractivity contribution is -0.137. The highest BCUT2D eigenvalue weighted by molar-refractivity contribution is 5.85. The predicted molar refractivity (Wildman–Crippen MR) is 73.5 cm³/mol. The quantitative estimate of drug-likeness (QED) is 0.548. The van der Waals surface area contributed by atoms with Gasteiger partial charge in [-0.05, 0) is 12.8 Å². The number of rotatable bonds is 8. The molecule has 3 N–H and O–H groups in total. The van der Waals surface area contributed by atoms with Gasteiger partial charge in [0.1, 0.15) is 6.61 Å². The summed E-state index contributed by atoms with van der Waals surface area (Å²) in [5.74, 6) is -10.0. The molecular weight excluding hydrogens is 346 g/mol. The molecule has 0 heterocycles. The minimum absolute atomic E-state index is 0. The van der Waals surface area contributed by atoms with Crippen LogP contribution in [0.25, 0.3) is 0 Å². The maximum atomic E-state index is 13.3. The molecule has 130 valence electrons. The lowest BCUT2D eigenvalue weighted by atomic mass is 10.1. The van der Waals surface area contributed by atoms with Crippen LogP contribution < -0.4 is 10.5 Å². The Morgan fingerprint density at radius 1 is 1.17 bits per heavy atom. The van der Waals surface area contributed by atoms with E-state index in [0.29, 0.717) is 0 Å². The number of ether oxygens (including phenoxy) is 1. The van der Waals surface area contributed by atoms with Crippen LogP contribution in [0.1, 0.15) is 19.3 Å². The smallest absolute Gasteiger partial charge is 0.303 e. The number of halogens is 5. The summed E-state index contributed by atoms with van der Waals surface area (Å²) in [6.07, 6.45) is -0.0449. The van der Waals surface area contributed by atoms with Gasteiger partial charge in [-0.25, -0.2) is 8.78 Å². The third kappa shape index (κ3) is 6.03. The van der Waals surface area contributed by atoms with Crippen molar-refractivity contribution in [2.45, 2.75) is 25.3 Å². The molecular formula is C13H14ClF4NO4. The fraction of sp³-hybridized carbons (Fsp3) is 0.385. The van der Waals surface area contributed by atoms with Gasteiger partial charge >= 0.3 is 5.97 Å². The van der Waals surface area contributed by atoms with Crippen molar-refractivity contribution in [1.82, 2.24) is 0 Å². The first kappa shape index (κ1) is 21.1. The van der Waals surface area contributed by atoms with Gasteiger partial charge in [0.05, 0.1) is 6.04 Å². The molecule has 0 spiro atoms. The fourth-order valence-corrected chi connectivity index (χ4v) is 1.56. The molecule has 1 rings (SSSR count). The Balaban J connectivity index is 0.00000484. The molecule has 0 unspecified atom stereocenters. The molecule has 0 fully saturated rings. The molecule has 23 heavy (non-hydrogen) atoms. The zero-order valence-corrected chi connectivity index (χ0v) is 12.5. The summed E-state index contributed by atoms with van der Waals surface area (Å²) >= 11 is 0. The number of carboxylic acid groups (broad SMARTS) is 1. The van der Waals surface area contributed by atoms with E-state index in [0.717, 1.165) is 0 Å². The number of ketones is 1. The van der Waals surface area contributed by atoms with Crippen molar-refractivity contribution in [1.29, 1.82) is 0 Å². The molecule has 0 aliphatic heterocycles. The summed E-state index contributed by atoms with van der Waals surface area (Å²) in [5, 5.41) is 8.43. The topological polar surface area (TPSA) is 89.6 Å². The van der Waals surface area contributed by atoms with E-state index >= 15 is 0 Å².